The third-order valence-electron chi connectivity index (χ3n) is 2.41. The molecule has 0 saturated heterocycles. The fourth-order valence-corrected chi connectivity index (χ4v) is 1.65. The van der Waals surface area contributed by atoms with Crippen molar-refractivity contribution < 1.29 is 27.5 Å². The van der Waals surface area contributed by atoms with Crippen molar-refractivity contribution in [3.8, 4) is 0 Å². The summed E-state index contributed by atoms with van der Waals surface area (Å²) >= 11 is 5.91. The molecule has 22 heavy (non-hydrogen) atoms. The SMILES string of the molecule is CC(=O)Nc1ccc(NC(=O)[C@@H](C)OCC(F)(F)F)cc1Cl. The Hall–Kier alpha value is -1.80. The van der Waals surface area contributed by atoms with Gasteiger partial charge in [-0.05, 0) is 25.1 Å². The van der Waals surface area contributed by atoms with Crippen LogP contribution < -0.4 is 10.6 Å². The zero-order chi connectivity index (χ0) is 16.9. The first-order valence-corrected chi connectivity index (χ1v) is 6.52. The van der Waals surface area contributed by atoms with Gasteiger partial charge in [0.15, 0.2) is 0 Å². The second kappa shape index (κ2) is 7.46. The fourth-order valence-electron chi connectivity index (χ4n) is 1.42. The third kappa shape index (κ3) is 6.31. The van der Waals surface area contributed by atoms with E-state index in [0.717, 1.165) is 0 Å². The lowest BCUT2D eigenvalue weighted by atomic mass is 10.2. The highest BCUT2D eigenvalue weighted by molar-refractivity contribution is 6.34. The van der Waals surface area contributed by atoms with Crippen LogP contribution in [0.1, 0.15) is 13.8 Å². The van der Waals surface area contributed by atoms with Crippen LogP contribution in [0, 0.1) is 0 Å². The zero-order valence-corrected chi connectivity index (χ0v) is 12.5. The standard InChI is InChI=1S/C13H14ClF3N2O3/c1-7(22-6-13(15,16)17)12(21)19-9-3-4-11(10(14)5-9)18-8(2)20/h3-5,7H,6H2,1-2H3,(H,18,20)(H,19,21)/t7-/m1/s1. The van der Waals surface area contributed by atoms with Crippen molar-refractivity contribution >= 4 is 34.8 Å². The van der Waals surface area contributed by atoms with E-state index in [2.05, 4.69) is 15.4 Å². The molecule has 1 rings (SSSR count). The molecule has 0 fully saturated rings. The molecule has 0 aliphatic rings. The van der Waals surface area contributed by atoms with Crippen LogP contribution in [-0.4, -0.2) is 30.7 Å². The van der Waals surface area contributed by atoms with Crippen molar-refractivity contribution in [2.45, 2.75) is 26.1 Å². The summed E-state index contributed by atoms with van der Waals surface area (Å²) in [7, 11) is 0. The van der Waals surface area contributed by atoms with E-state index in [1.54, 1.807) is 0 Å². The van der Waals surface area contributed by atoms with Crippen molar-refractivity contribution in [1.29, 1.82) is 0 Å². The Morgan fingerprint density at radius 2 is 1.95 bits per heavy atom. The molecule has 0 aromatic heterocycles. The maximum absolute atomic E-state index is 12.0. The molecule has 2 amide bonds. The van der Waals surface area contributed by atoms with Gasteiger partial charge in [-0.3, -0.25) is 9.59 Å². The lowest BCUT2D eigenvalue weighted by molar-refractivity contribution is -0.184. The first-order valence-electron chi connectivity index (χ1n) is 6.15. The van der Waals surface area contributed by atoms with E-state index in [0.29, 0.717) is 5.69 Å². The molecule has 1 aromatic carbocycles. The van der Waals surface area contributed by atoms with Gasteiger partial charge in [0.25, 0.3) is 5.91 Å². The Bertz CT molecular complexity index is 564. The fraction of sp³-hybridized carbons (Fsp3) is 0.385. The van der Waals surface area contributed by atoms with Gasteiger partial charge in [0, 0.05) is 12.6 Å². The number of carbonyl (C=O) groups is 2. The minimum Gasteiger partial charge on any atom is -0.359 e. The molecule has 5 nitrogen and oxygen atoms in total. The van der Waals surface area contributed by atoms with Crippen LogP contribution in [0.25, 0.3) is 0 Å². The van der Waals surface area contributed by atoms with E-state index in [9.17, 15) is 22.8 Å². The second-order valence-corrected chi connectivity index (χ2v) is 4.84. The van der Waals surface area contributed by atoms with Crippen molar-refractivity contribution in [3.05, 3.63) is 23.2 Å². The molecule has 0 aliphatic carbocycles. The summed E-state index contributed by atoms with van der Waals surface area (Å²) < 4.78 is 40.4. The molecule has 1 aromatic rings. The van der Waals surface area contributed by atoms with Crippen molar-refractivity contribution in [2.24, 2.45) is 0 Å². The number of rotatable bonds is 5. The molecule has 0 aliphatic heterocycles. The van der Waals surface area contributed by atoms with Crippen LogP contribution in [0.2, 0.25) is 5.02 Å². The Labute approximate surface area is 129 Å². The number of nitrogens with one attached hydrogen (secondary N) is 2. The van der Waals surface area contributed by atoms with Crippen LogP contribution in [-0.2, 0) is 14.3 Å². The summed E-state index contributed by atoms with van der Waals surface area (Å²) in [6, 6.07) is 4.27. The molecule has 0 unspecified atom stereocenters. The molecule has 122 valence electrons. The quantitative estimate of drug-likeness (QED) is 0.866. The zero-order valence-electron chi connectivity index (χ0n) is 11.8. The van der Waals surface area contributed by atoms with E-state index in [1.807, 2.05) is 0 Å². The molecule has 9 heteroatoms. The molecule has 2 N–H and O–H groups in total. The lowest BCUT2D eigenvalue weighted by Crippen LogP contribution is -2.31. The Balaban J connectivity index is 2.64. The van der Waals surface area contributed by atoms with E-state index >= 15 is 0 Å². The molecule has 0 radical (unpaired) electrons. The lowest BCUT2D eigenvalue weighted by Gasteiger charge is -2.15. The van der Waals surface area contributed by atoms with Gasteiger partial charge in [-0.15, -0.1) is 0 Å². The van der Waals surface area contributed by atoms with Crippen molar-refractivity contribution in [3.63, 3.8) is 0 Å². The summed E-state index contributed by atoms with van der Waals surface area (Å²) in [5, 5.41) is 5.03. The van der Waals surface area contributed by atoms with E-state index in [4.69, 9.17) is 11.6 Å². The maximum Gasteiger partial charge on any atom is 0.411 e. The van der Waals surface area contributed by atoms with Gasteiger partial charge in [0.2, 0.25) is 5.91 Å². The second-order valence-electron chi connectivity index (χ2n) is 4.43. The summed E-state index contributed by atoms with van der Waals surface area (Å²) in [5.74, 6) is -1.06. The van der Waals surface area contributed by atoms with Crippen molar-refractivity contribution in [2.75, 3.05) is 17.2 Å². The normalized spacial score (nSPS) is 12.6. The number of amides is 2. The highest BCUT2D eigenvalue weighted by Gasteiger charge is 2.29. The number of benzene rings is 1. The number of hydrogen-bond acceptors (Lipinski definition) is 3. The Morgan fingerprint density at radius 3 is 2.45 bits per heavy atom. The highest BCUT2D eigenvalue weighted by Crippen LogP contribution is 2.25. The molecule has 1 atom stereocenters. The summed E-state index contributed by atoms with van der Waals surface area (Å²) in [6.45, 7) is 1.00. The predicted octanol–water partition coefficient (Wildman–Crippen LogP) is 3.20. The minimum atomic E-state index is -4.50. The molecule has 0 spiro atoms. The van der Waals surface area contributed by atoms with Crippen LogP contribution in [0.5, 0.6) is 0 Å². The van der Waals surface area contributed by atoms with Crippen LogP contribution in [0.15, 0.2) is 18.2 Å². The summed E-state index contributed by atoms with van der Waals surface area (Å²) in [5.41, 5.74) is 0.625. The van der Waals surface area contributed by atoms with Gasteiger partial charge in [-0.1, -0.05) is 11.6 Å². The van der Waals surface area contributed by atoms with Crippen LogP contribution in [0.4, 0.5) is 24.5 Å². The van der Waals surface area contributed by atoms with E-state index in [1.165, 1.54) is 32.0 Å². The van der Waals surface area contributed by atoms with Gasteiger partial charge in [0.05, 0.1) is 10.7 Å². The van der Waals surface area contributed by atoms with Gasteiger partial charge >= 0.3 is 6.18 Å². The number of carbonyl (C=O) groups excluding carboxylic acids is 2. The Morgan fingerprint density at radius 1 is 1.32 bits per heavy atom. The number of ether oxygens (including phenoxy) is 1. The van der Waals surface area contributed by atoms with Gasteiger partial charge < -0.3 is 15.4 Å². The monoisotopic (exact) mass is 338 g/mol. The van der Waals surface area contributed by atoms with Crippen LogP contribution in [0.3, 0.4) is 0 Å². The topological polar surface area (TPSA) is 67.4 Å². The molecule has 0 bridgehead atoms. The molecule has 0 heterocycles. The van der Waals surface area contributed by atoms with Crippen molar-refractivity contribution in [1.82, 2.24) is 0 Å². The smallest absolute Gasteiger partial charge is 0.359 e. The first-order chi connectivity index (χ1) is 10.1. The van der Waals surface area contributed by atoms with E-state index in [-0.39, 0.29) is 16.6 Å². The average Bonchev–Trinajstić information content (AvgIpc) is 2.37. The first kappa shape index (κ1) is 18.2. The number of hydrogen-bond donors (Lipinski definition) is 2. The van der Waals surface area contributed by atoms with Gasteiger partial charge in [-0.2, -0.15) is 13.2 Å². The van der Waals surface area contributed by atoms with Gasteiger partial charge in [-0.25, -0.2) is 0 Å². The minimum absolute atomic E-state index is 0.178. The largest absolute Gasteiger partial charge is 0.411 e. The third-order valence-corrected chi connectivity index (χ3v) is 2.73. The highest BCUT2D eigenvalue weighted by atomic mass is 35.5. The van der Waals surface area contributed by atoms with Crippen LogP contribution >= 0.6 is 11.6 Å². The number of alkyl halides is 3. The average molecular weight is 339 g/mol. The Kier molecular flexibility index (Phi) is 6.19. The van der Waals surface area contributed by atoms with Gasteiger partial charge in [0.1, 0.15) is 12.7 Å². The molecular weight excluding hydrogens is 325 g/mol. The number of anilines is 2. The maximum atomic E-state index is 12.0. The van der Waals surface area contributed by atoms with E-state index < -0.39 is 24.8 Å². The molecular formula is C13H14ClF3N2O3. The molecule has 0 saturated carbocycles. The predicted molar refractivity (Wildman–Crippen MR) is 75.9 cm³/mol. The summed E-state index contributed by atoms with van der Waals surface area (Å²) in [6.07, 6.45) is -5.78. The summed E-state index contributed by atoms with van der Waals surface area (Å²) in [4.78, 5) is 22.6. The number of halogens is 4.